The number of carboxylic acids is 1. The second kappa shape index (κ2) is 8.89. The number of alkyl carbamates (subject to hydrolysis) is 1. The summed E-state index contributed by atoms with van der Waals surface area (Å²) in [5.74, 6) is -1.40. The zero-order chi connectivity index (χ0) is 22.7. The maximum atomic E-state index is 12.4. The predicted octanol–water partition coefficient (Wildman–Crippen LogP) is 4.13. The van der Waals surface area contributed by atoms with Crippen LogP contribution in [0.3, 0.4) is 0 Å². The molecule has 162 valence electrons. The Morgan fingerprint density at radius 2 is 1.62 bits per heavy atom. The van der Waals surface area contributed by atoms with E-state index < -0.39 is 23.0 Å². The Hall–Kier alpha value is -4.20. The number of ether oxygens (including phenoxy) is 1. The Kier molecular flexibility index (Phi) is 5.85. The number of nitro benzene ring substituents is 1. The van der Waals surface area contributed by atoms with Gasteiger partial charge in [0.15, 0.2) is 0 Å². The summed E-state index contributed by atoms with van der Waals surface area (Å²) < 4.78 is 5.40. The minimum atomic E-state index is -1.28. The van der Waals surface area contributed by atoms with Crippen LogP contribution in [0.5, 0.6) is 0 Å². The van der Waals surface area contributed by atoms with Gasteiger partial charge in [-0.1, -0.05) is 60.7 Å². The molecule has 1 aliphatic rings. The molecule has 3 aromatic rings. The van der Waals surface area contributed by atoms with Crippen LogP contribution in [0.1, 0.15) is 22.6 Å². The summed E-state index contributed by atoms with van der Waals surface area (Å²) in [6.07, 6.45) is -0.967. The number of non-ortho nitro benzene ring substituents is 1. The summed E-state index contributed by atoms with van der Waals surface area (Å²) in [6.45, 7) is 0.0585. The number of nitrogens with zero attached hydrogens (tertiary/aromatic N) is 1. The largest absolute Gasteiger partial charge is 0.480 e. The highest BCUT2D eigenvalue weighted by molar-refractivity contribution is 5.81. The molecule has 0 aromatic heterocycles. The van der Waals surface area contributed by atoms with Crippen molar-refractivity contribution in [3.05, 3.63) is 99.6 Å². The molecule has 0 radical (unpaired) electrons. The summed E-state index contributed by atoms with van der Waals surface area (Å²) in [7, 11) is 0. The first-order valence-electron chi connectivity index (χ1n) is 10.0. The van der Waals surface area contributed by atoms with E-state index in [0.717, 1.165) is 22.3 Å². The number of fused-ring (bicyclic) bond motifs is 3. The van der Waals surface area contributed by atoms with Gasteiger partial charge in [0.2, 0.25) is 0 Å². The van der Waals surface area contributed by atoms with E-state index in [1.165, 1.54) is 18.2 Å². The number of carboxylic acid groups (broad SMARTS) is 1. The number of carbonyl (C=O) groups excluding carboxylic acids is 1. The van der Waals surface area contributed by atoms with Crippen molar-refractivity contribution in [3.63, 3.8) is 0 Å². The van der Waals surface area contributed by atoms with Crippen molar-refractivity contribution >= 4 is 17.7 Å². The third kappa shape index (κ3) is 4.29. The summed E-state index contributed by atoms with van der Waals surface area (Å²) >= 11 is 0. The van der Waals surface area contributed by atoms with Gasteiger partial charge in [0, 0.05) is 24.5 Å². The first-order chi connectivity index (χ1) is 15.4. The Morgan fingerprint density at radius 1 is 1.00 bits per heavy atom. The lowest BCUT2D eigenvalue weighted by atomic mass is 9.98. The van der Waals surface area contributed by atoms with Crippen LogP contribution < -0.4 is 5.32 Å². The molecule has 0 spiro atoms. The molecule has 1 amide bonds. The molecule has 0 fully saturated rings. The molecule has 4 rings (SSSR count). The summed E-state index contributed by atoms with van der Waals surface area (Å²) in [5, 5.41) is 22.8. The van der Waals surface area contributed by atoms with Crippen molar-refractivity contribution in [2.45, 2.75) is 18.4 Å². The van der Waals surface area contributed by atoms with Gasteiger partial charge in [0.05, 0.1) is 4.92 Å². The monoisotopic (exact) mass is 432 g/mol. The number of amides is 1. The van der Waals surface area contributed by atoms with Gasteiger partial charge in [-0.25, -0.2) is 9.59 Å². The second-order valence-corrected chi connectivity index (χ2v) is 7.49. The smallest absolute Gasteiger partial charge is 0.407 e. The second-order valence-electron chi connectivity index (χ2n) is 7.49. The number of benzene rings is 3. The van der Waals surface area contributed by atoms with Crippen LogP contribution in [0.2, 0.25) is 0 Å². The topological polar surface area (TPSA) is 119 Å². The van der Waals surface area contributed by atoms with Crippen LogP contribution in [0, 0.1) is 10.1 Å². The van der Waals surface area contributed by atoms with Crippen LogP contribution in [0.25, 0.3) is 11.1 Å². The first-order valence-corrected chi connectivity index (χ1v) is 10.0. The quantitative estimate of drug-likeness (QED) is 0.428. The van der Waals surface area contributed by atoms with E-state index >= 15 is 0 Å². The van der Waals surface area contributed by atoms with Gasteiger partial charge in [0.25, 0.3) is 5.69 Å². The lowest BCUT2D eigenvalue weighted by Crippen LogP contribution is -2.42. The molecule has 0 saturated carbocycles. The van der Waals surface area contributed by atoms with Crippen molar-refractivity contribution in [2.75, 3.05) is 6.61 Å². The number of hydrogen-bond donors (Lipinski definition) is 2. The number of nitrogens with one attached hydrogen (secondary N) is 1. The maximum absolute atomic E-state index is 12.4. The van der Waals surface area contributed by atoms with E-state index in [-0.39, 0.29) is 24.6 Å². The van der Waals surface area contributed by atoms with Gasteiger partial charge >= 0.3 is 12.1 Å². The van der Waals surface area contributed by atoms with Crippen molar-refractivity contribution < 1.29 is 24.4 Å². The standard InChI is InChI=1S/C24H20N2O6/c27-23(28)22(13-15-6-5-7-16(12-15)26(30)31)25-24(29)32-14-21-19-10-3-1-8-17(19)18-9-2-4-11-20(18)21/h1-12,21-22H,13-14H2,(H,25,29)(H,27,28). The van der Waals surface area contributed by atoms with E-state index in [1.54, 1.807) is 6.07 Å². The van der Waals surface area contributed by atoms with Gasteiger partial charge in [-0.05, 0) is 27.8 Å². The van der Waals surface area contributed by atoms with Gasteiger partial charge in [0.1, 0.15) is 12.6 Å². The summed E-state index contributed by atoms with van der Waals surface area (Å²) in [4.78, 5) is 34.4. The number of rotatable bonds is 7. The predicted molar refractivity (Wildman–Crippen MR) is 116 cm³/mol. The van der Waals surface area contributed by atoms with Crippen molar-refractivity contribution in [2.24, 2.45) is 0 Å². The fourth-order valence-electron chi connectivity index (χ4n) is 4.02. The first kappa shape index (κ1) is 21.0. The molecule has 3 aromatic carbocycles. The Bertz CT molecular complexity index is 1150. The lowest BCUT2D eigenvalue weighted by molar-refractivity contribution is -0.384. The molecule has 32 heavy (non-hydrogen) atoms. The third-order valence-electron chi connectivity index (χ3n) is 5.50. The molecule has 1 aliphatic carbocycles. The molecule has 1 atom stereocenters. The van der Waals surface area contributed by atoms with Crippen LogP contribution in [0.4, 0.5) is 10.5 Å². The molecule has 0 heterocycles. The molecule has 8 nitrogen and oxygen atoms in total. The van der Waals surface area contributed by atoms with Crippen LogP contribution in [-0.4, -0.2) is 34.7 Å². The van der Waals surface area contributed by atoms with Gasteiger partial charge in [-0.15, -0.1) is 0 Å². The van der Waals surface area contributed by atoms with Crippen LogP contribution in [-0.2, 0) is 16.0 Å². The van der Waals surface area contributed by atoms with Crippen LogP contribution >= 0.6 is 0 Å². The van der Waals surface area contributed by atoms with Crippen molar-refractivity contribution in [3.8, 4) is 11.1 Å². The Labute approximate surface area is 183 Å². The van der Waals surface area contributed by atoms with E-state index in [0.29, 0.717) is 5.56 Å². The van der Waals surface area contributed by atoms with E-state index in [1.807, 2.05) is 48.5 Å². The fraction of sp³-hybridized carbons (Fsp3) is 0.167. The highest BCUT2D eigenvalue weighted by Crippen LogP contribution is 2.44. The molecule has 2 N–H and O–H groups in total. The minimum Gasteiger partial charge on any atom is -0.480 e. The van der Waals surface area contributed by atoms with Gasteiger partial charge in [-0.2, -0.15) is 0 Å². The minimum absolute atomic E-state index is 0.0585. The Balaban J connectivity index is 1.43. The van der Waals surface area contributed by atoms with Crippen molar-refractivity contribution in [1.29, 1.82) is 0 Å². The van der Waals surface area contributed by atoms with Crippen molar-refractivity contribution in [1.82, 2.24) is 5.32 Å². The zero-order valence-corrected chi connectivity index (χ0v) is 16.9. The maximum Gasteiger partial charge on any atom is 0.407 e. The molecular formula is C24H20N2O6. The Morgan fingerprint density at radius 3 is 2.22 bits per heavy atom. The molecule has 8 heteroatoms. The SMILES string of the molecule is O=C(NC(Cc1cccc([N+](=O)[O-])c1)C(=O)O)OCC1c2ccccc2-c2ccccc21. The number of carbonyl (C=O) groups is 2. The normalized spacial score (nSPS) is 13.0. The lowest BCUT2D eigenvalue weighted by Gasteiger charge is -2.17. The molecular weight excluding hydrogens is 412 g/mol. The molecule has 0 aliphatic heterocycles. The van der Waals surface area contributed by atoms with Gasteiger partial charge < -0.3 is 15.2 Å². The van der Waals surface area contributed by atoms with E-state index in [9.17, 15) is 24.8 Å². The zero-order valence-electron chi connectivity index (χ0n) is 16.9. The summed E-state index contributed by atoms with van der Waals surface area (Å²) in [6, 6.07) is 20.2. The average molecular weight is 432 g/mol. The van der Waals surface area contributed by atoms with E-state index in [4.69, 9.17) is 4.74 Å². The molecule has 0 saturated heterocycles. The number of aliphatic carboxylic acids is 1. The van der Waals surface area contributed by atoms with E-state index in [2.05, 4.69) is 5.32 Å². The average Bonchev–Trinajstić information content (AvgIpc) is 3.11. The highest BCUT2D eigenvalue weighted by Gasteiger charge is 2.29. The van der Waals surface area contributed by atoms with Gasteiger partial charge in [-0.3, -0.25) is 10.1 Å². The van der Waals surface area contributed by atoms with Crippen LogP contribution in [0.15, 0.2) is 72.8 Å². The molecule has 1 unspecified atom stereocenters. The third-order valence-corrected chi connectivity index (χ3v) is 5.50. The molecule has 0 bridgehead atoms. The fourth-order valence-corrected chi connectivity index (χ4v) is 4.02. The summed E-state index contributed by atoms with van der Waals surface area (Å²) in [5.41, 5.74) is 4.55. The highest BCUT2D eigenvalue weighted by atomic mass is 16.6. The number of hydrogen-bond acceptors (Lipinski definition) is 5. The number of nitro groups is 1.